The standard InChI is InChI=1S/C17H19N5O10/c23-16(11-1-3-13(4-2-11)20(25)26)18-5-7-19(8-6-18)17(24)12-9-14(31-21(27)28)15(10-12)32-22(29)30/h1-4,12,14-15H,5-10H2. The lowest BCUT2D eigenvalue weighted by Crippen LogP contribution is -2.51. The summed E-state index contributed by atoms with van der Waals surface area (Å²) in [5.74, 6) is -1.42. The van der Waals surface area contributed by atoms with Crippen LogP contribution in [0.25, 0.3) is 0 Å². The van der Waals surface area contributed by atoms with Gasteiger partial charge in [0.15, 0.2) is 0 Å². The van der Waals surface area contributed by atoms with E-state index in [-0.39, 0.29) is 62.1 Å². The Balaban J connectivity index is 1.56. The molecule has 1 saturated carbocycles. The highest BCUT2D eigenvalue weighted by molar-refractivity contribution is 5.94. The lowest BCUT2D eigenvalue weighted by molar-refractivity contribution is -0.797. The Morgan fingerprint density at radius 3 is 1.72 bits per heavy atom. The third-order valence-corrected chi connectivity index (χ3v) is 5.44. The van der Waals surface area contributed by atoms with Crippen molar-refractivity contribution in [2.75, 3.05) is 26.2 Å². The van der Waals surface area contributed by atoms with E-state index in [1.165, 1.54) is 34.1 Å². The van der Waals surface area contributed by atoms with Crippen molar-refractivity contribution in [3.63, 3.8) is 0 Å². The Bertz CT molecular complexity index is 891. The summed E-state index contributed by atoms with van der Waals surface area (Å²) in [6.07, 6.45) is -2.65. The van der Waals surface area contributed by atoms with Crippen LogP contribution in [0.15, 0.2) is 24.3 Å². The summed E-state index contributed by atoms with van der Waals surface area (Å²) in [6, 6.07) is 5.20. The largest absolute Gasteiger partial charge is 0.339 e. The Morgan fingerprint density at radius 2 is 1.28 bits per heavy atom. The number of carbonyl (C=O) groups is 2. The van der Waals surface area contributed by atoms with Gasteiger partial charge in [-0.25, -0.2) is 0 Å². The average Bonchev–Trinajstić information content (AvgIpc) is 3.13. The normalized spacial score (nSPS) is 22.8. The third-order valence-electron chi connectivity index (χ3n) is 5.44. The first-order chi connectivity index (χ1) is 15.2. The number of hydrogen-bond acceptors (Lipinski definition) is 10. The summed E-state index contributed by atoms with van der Waals surface area (Å²) in [5.41, 5.74) is 0.151. The first kappa shape index (κ1) is 22.6. The Kier molecular flexibility index (Phi) is 6.65. The van der Waals surface area contributed by atoms with Gasteiger partial charge in [0.2, 0.25) is 5.91 Å². The van der Waals surface area contributed by atoms with E-state index in [2.05, 4.69) is 9.68 Å². The molecule has 15 heteroatoms. The van der Waals surface area contributed by atoms with Crippen LogP contribution in [0, 0.1) is 36.3 Å². The van der Waals surface area contributed by atoms with Crippen molar-refractivity contribution in [3.8, 4) is 0 Å². The van der Waals surface area contributed by atoms with Gasteiger partial charge in [-0.05, 0) is 25.0 Å². The topological polar surface area (TPSA) is 188 Å². The Labute approximate surface area is 179 Å². The minimum Gasteiger partial charge on any atom is -0.339 e. The molecule has 2 fully saturated rings. The molecule has 172 valence electrons. The van der Waals surface area contributed by atoms with Gasteiger partial charge in [0.1, 0.15) is 12.2 Å². The second kappa shape index (κ2) is 9.40. The van der Waals surface area contributed by atoms with Crippen LogP contribution in [0.5, 0.6) is 0 Å². The molecule has 0 spiro atoms. The molecule has 2 aliphatic rings. The van der Waals surface area contributed by atoms with Crippen LogP contribution in [-0.4, -0.2) is 75.1 Å². The van der Waals surface area contributed by atoms with Gasteiger partial charge in [0.05, 0.1) is 4.92 Å². The summed E-state index contributed by atoms with van der Waals surface area (Å²) in [6.45, 7) is 0.848. The zero-order valence-electron chi connectivity index (χ0n) is 16.6. The molecule has 0 N–H and O–H groups in total. The van der Waals surface area contributed by atoms with E-state index in [1.54, 1.807) is 0 Å². The van der Waals surface area contributed by atoms with E-state index < -0.39 is 33.2 Å². The molecular formula is C17H19N5O10. The number of nitro groups is 1. The van der Waals surface area contributed by atoms with E-state index in [4.69, 9.17) is 0 Å². The van der Waals surface area contributed by atoms with E-state index in [1.807, 2.05) is 0 Å². The molecule has 2 amide bonds. The molecule has 3 rings (SSSR count). The van der Waals surface area contributed by atoms with Gasteiger partial charge < -0.3 is 19.5 Å². The fourth-order valence-corrected chi connectivity index (χ4v) is 3.90. The molecule has 1 aliphatic carbocycles. The van der Waals surface area contributed by atoms with Crippen LogP contribution in [0.1, 0.15) is 23.2 Å². The SMILES string of the molecule is O=C(c1ccc([N+](=O)[O-])cc1)N1CCN(C(=O)C2CC(O[N+](=O)[O-])C(O[N+](=O)[O-])C2)CC1. The van der Waals surface area contributed by atoms with Gasteiger partial charge in [-0.2, -0.15) is 0 Å². The Morgan fingerprint density at radius 1 is 0.812 bits per heavy atom. The second-order valence-electron chi connectivity index (χ2n) is 7.32. The van der Waals surface area contributed by atoms with Gasteiger partial charge in [-0.3, -0.25) is 19.7 Å². The molecule has 0 aromatic heterocycles. The lowest BCUT2D eigenvalue weighted by atomic mass is 10.1. The summed E-state index contributed by atoms with van der Waals surface area (Å²) >= 11 is 0. The van der Waals surface area contributed by atoms with Crippen molar-refractivity contribution in [1.82, 2.24) is 9.80 Å². The highest BCUT2D eigenvalue weighted by Crippen LogP contribution is 2.32. The van der Waals surface area contributed by atoms with Crippen molar-refractivity contribution < 1.29 is 34.4 Å². The van der Waals surface area contributed by atoms with Crippen LogP contribution in [0.3, 0.4) is 0 Å². The van der Waals surface area contributed by atoms with Crippen LogP contribution in [0.2, 0.25) is 0 Å². The quantitative estimate of drug-likeness (QED) is 0.414. The predicted molar refractivity (Wildman–Crippen MR) is 102 cm³/mol. The first-order valence-corrected chi connectivity index (χ1v) is 9.60. The van der Waals surface area contributed by atoms with Crippen molar-refractivity contribution in [2.45, 2.75) is 25.0 Å². The Hall–Kier alpha value is -4.04. The molecular weight excluding hydrogens is 434 g/mol. The minimum atomic E-state index is -1.23. The first-order valence-electron chi connectivity index (χ1n) is 9.60. The minimum absolute atomic E-state index is 0.0970. The maximum absolute atomic E-state index is 12.8. The highest BCUT2D eigenvalue weighted by Gasteiger charge is 2.44. The molecule has 32 heavy (non-hydrogen) atoms. The summed E-state index contributed by atoms with van der Waals surface area (Å²) in [4.78, 5) is 68.7. The maximum Gasteiger partial charge on any atom is 0.294 e. The van der Waals surface area contributed by atoms with Crippen molar-refractivity contribution in [2.24, 2.45) is 5.92 Å². The molecule has 2 unspecified atom stereocenters. The van der Waals surface area contributed by atoms with Gasteiger partial charge >= 0.3 is 0 Å². The maximum atomic E-state index is 12.8. The van der Waals surface area contributed by atoms with E-state index in [0.29, 0.717) is 0 Å². The number of benzene rings is 1. The van der Waals surface area contributed by atoms with Crippen molar-refractivity contribution in [1.29, 1.82) is 0 Å². The average molecular weight is 453 g/mol. The van der Waals surface area contributed by atoms with Gasteiger partial charge in [0.25, 0.3) is 21.8 Å². The van der Waals surface area contributed by atoms with Gasteiger partial charge in [0, 0.05) is 49.8 Å². The van der Waals surface area contributed by atoms with E-state index in [0.717, 1.165) is 0 Å². The monoisotopic (exact) mass is 453 g/mol. The number of hydrogen-bond donors (Lipinski definition) is 0. The molecule has 15 nitrogen and oxygen atoms in total. The molecule has 1 heterocycles. The molecule has 1 aromatic carbocycles. The zero-order chi connectivity index (χ0) is 23.4. The number of amides is 2. The van der Waals surface area contributed by atoms with Gasteiger partial charge in [-0.1, -0.05) is 0 Å². The molecule has 1 saturated heterocycles. The molecule has 1 aromatic rings. The van der Waals surface area contributed by atoms with Gasteiger partial charge in [-0.15, -0.1) is 20.2 Å². The number of rotatable bonds is 7. The number of carbonyl (C=O) groups excluding carboxylic acids is 2. The summed E-state index contributed by atoms with van der Waals surface area (Å²) < 4.78 is 0. The second-order valence-corrected chi connectivity index (χ2v) is 7.32. The highest BCUT2D eigenvalue weighted by atomic mass is 17.0. The van der Waals surface area contributed by atoms with Crippen LogP contribution < -0.4 is 0 Å². The molecule has 0 bridgehead atoms. The zero-order valence-corrected chi connectivity index (χ0v) is 16.6. The third kappa shape index (κ3) is 5.16. The summed E-state index contributed by atoms with van der Waals surface area (Å²) in [7, 11) is 0. The fourth-order valence-electron chi connectivity index (χ4n) is 3.90. The predicted octanol–water partition coefficient (Wildman–Crippen LogP) is 0.443. The number of piperazine rings is 1. The van der Waals surface area contributed by atoms with Crippen LogP contribution in [0.4, 0.5) is 5.69 Å². The van der Waals surface area contributed by atoms with E-state index in [9.17, 15) is 39.9 Å². The van der Waals surface area contributed by atoms with Crippen molar-refractivity contribution >= 4 is 17.5 Å². The molecule has 2 atom stereocenters. The number of nitrogens with zero attached hydrogens (tertiary/aromatic N) is 5. The molecule has 1 aliphatic heterocycles. The van der Waals surface area contributed by atoms with E-state index >= 15 is 0 Å². The van der Waals surface area contributed by atoms with Crippen molar-refractivity contribution in [3.05, 3.63) is 60.2 Å². The fraction of sp³-hybridized carbons (Fsp3) is 0.529. The number of non-ortho nitro benzene ring substituents is 1. The number of nitro benzene ring substituents is 1. The smallest absolute Gasteiger partial charge is 0.294 e. The van der Waals surface area contributed by atoms with Crippen LogP contribution in [-0.2, 0) is 14.5 Å². The lowest BCUT2D eigenvalue weighted by Gasteiger charge is -2.36. The summed E-state index contributed by atoms with van der Waals surface area (Å²) in [5, 5.41) is 29.8. The molecule has 0 radical (unpaired) electrons. The van der Waals surface area contributed by atoms with Crippen LogP contribution >= 0.6 is 0 Å².